The Hall–Kier alpha value is -3.13. The zero-order chi connectivity index (χ0) is 15.8. The average molecular weight is 293 g/mol. The molecule has 0 fully saturated rings. The number of carbonyl (C=O) groups is 1. The Kier molecular flexibility index (Phi) is 5.27. The van der Waals surface area contributed by atoms with Gasteiger partial charge >= 0.3 is 0 Å². The summed E-state index contributed by atoms with van der Waals surface area (Å²) < 4.78 is 0. The van der Waals surface area contributed by atoms with Crippen LogP contribution in [0, 0.1) is 11.3 Å². The predicted molar refractivity (Wildman–Crippen MR) is 82.6 cm³/mol. The maximum atomic E-state index is 12.0. The van der Waals surface area contributed by atoms with Crippen LogP contribution in [0.2, 0.25) is 0 Å². The number of aromatic nitrogens is 1. The molecule has 1 heterocycles. The molecular formula is C17H15N3O2. The molecular weight excluding hydrogens is 278 g/mol. The molecule has 0 bridgehead atoms. The molecule has 0 radical (unpaired) electrons. The van der Waals surface area contributed by atoms with E-state index in [1.807, 2.05) is 6.07 Å². The van der Waals surface area contributed by atoms with Gasteiger partial charge in [0.05, 0.1) is 0 Å². The minimum atomic E-state index is -0.412. The normalized spacial score (nSPS) is 10.8. The van der Waals surface area contributed by atoms with Crippen LogP contribution >= 0.6 is 0 Å². The first-order valence-electron chi connectivity index (χ1n) is 6.77. The highest BCUT2D eigenvalue weighted by Crippen LogP contribution is 2.10. The first-order chi connectivity index (χ1) is 10.7. The van der Waals surface area contributed by atoms with Crippen molar-refractivity contribution in [3.05, 3.63) is 65.5 Å². The van der Waals surface area contributed by atoms with Crippen LogP contribution in [0.3, 0.4) is 0 Å². The van der Waals surface area contributed by atoms with Crippen LogP contribution in [0.1, 0.15) is 11.1 Å². The Balaban J connectivity index is 1.92. The van der Waals surface area contributed by atoms with Gasteiger partial charge < -0.3 is 10.4 Å². The van der Waals surface area contributed by atoms with Crippen molar-refractivity contribution in [1.29, 1.82) is 5.26 Å². The molecule has 0 aliphatic carbocycles. The van der Waals surface area contributed by atoms with E-state index in [1.165, 1.54) is 6.08 Å². The second kappa shape index (κ2) is 7.60. The predicted octanol–water partition coefficient (Wildman–Crippen LogP) is 2.05. The minimum Gasteiger partial charge on any atom is -0.508 e. The van der Waals surface area contributed by atoms with Gasteiger partial charge in [0.1, 0.15) is 17.4 Å². The summed E-state index contributed by atoms with van der Waals surface area (Å²) in [6.45, 7) is 0.412. The van der Waals surface area contributed by atoms with E-state index in [2.05, 4.69) is 10.3 Å². The largest absolute Gasteiger partial charge is 0.508 e. The third-order valence-corrected chi connectivity index (χ3v) is 3.00. The highest BCUT2D eigenvalue weighted by Gasteiger charge is 2.08. The molecule has 2 rings (SSSR count). The van der Waals surface area contributed by atoms with E-state index in [0.29, 0.717) is 18.5 Å². The molecule has 2 N–H and O–H groups in total. The maximum absolute atomic E-state index is 12.0. The molecule has 110 valence electrons. The van der Waals surface area contributed by atoms with Crippen LogP contribution in [-0.2, 0) is 11.2 Å². The number of benzene rings is 1. The van der Waals surface area contributed by atoms with Crippen LogP contribution in [0.25, 0.3) is 6.08 Å². The molecule has 1 amide bonds. The van der Waals surface area contributed by atoms with Gasteiger partial charge in [-0.15, -0.1) is 0 Å². The van der Waals surface area contributed by atoms with E-state index in [9.17, 15) is 9.90 Å². The number of hydrogen-bond donors (Lipinski definition) is 2. The Morgan fingerprint density at radius 3 is 2.73 bits per heavy atom. The zero-order valence-electron chi connectivity index (χ0n) is 11.9. The topological polar surface area (TPSA) is 86.0 Å². The first-order valence-corrected chi connectivity index (χ1v) is 6.77. The van der Waals surface area contributed by atoms with Crippen LogP contribution in [0.4, 0.5) is 0 Å². The molecule has 0 spiro atoms. The van der Waals surface area contributed by atoms with E-state index >= 15 is 0 Å². The molecule has 5 nitrogen and oxygen atoms in total. The van der Waals surface area contributed by atoms with Crippen LogP contribution < -0.4 is 5.32 Å². The standard InChI is InChI=1S/C17H15N3O2/c18-11-15(10-14-2-1-8-19-12-14)17(22)20-9-7-13-3-5-16(21)6-4-13/h1-6,8,10,12,21H,7,9H2,(H,20,22). The summed E-state index contributed by atoms with van der Waals surface area (Å²) in [6, 6.07) is 12.2. The van der Waals surface area contributed by atoms with Crippen molar-refractivity contribution in [3.63, 3.8) is 0 Å². The number of nitrogens with zero attached hydrogens (tertiary/aromatic N) is 2. The number of hydrogen-bond acceptors (Lipinski definition) is 4. The molecule has 2 aromatic rings. The number of rotatable bonds is 5. The molecule has 1 aromatic heterocycles. The number of aromatic hydroxyl groups is 1. The number of phenols is 1. The Morgan fingerprint density at radius 2 is 2.09 bits per heavy atom. The summed E-state index contributed by atoms with van der Waals surface area (Å²) in [5, 5.41) is 21.0. The van der Waals surface area contributed by atoms with Crippen molar-refractivity contribution in [3.8, 4) is 11.8 Å². The lowest BCUT2D eigenvalue weighted by atomic mass is 10.1. The fourth-order valence-corrected chi connectivity index (χ4v) is 1.85. The highest BCUT2D eigenvalue weighted by atomic mass is 16.3. The van der Waals surface area contributed by atoms with Crippen molar-refractivity contribution in [2.75, 3.05) is 6.54 Å². The van der Waals surface area contributed by atoms with Crippen molar-refractivity contribution in [2.24, 2.45) is 0 Å². The van der Waals surface area contributed by atoms with Crippen molar-refractivity contribution >= 4 is 12.0 Å². The summed E-state index contributed by atoms with van der Waals surface area (Å²) in [7, 11) is 0. The van der Waals surface area contributed by atoms with Gasteiger partial charge in [-0.1, -0.05) is 18.2 Å². The molecule has 0 saturated carbocycles. The number of pyridine rings is 1. The van der Waals surface area contributed by atoms with Crippen molar-refractivity contribution < 1.29 is 9.90 Å². The Labute approximate surface area is 128 Å². The van der Waals surface area contributed by atoms with E-state index in [-0.39, 0.29) is 11.3 Å². The summed E-state index contributed by atoms with van der Waals surface area (Å²) >= 11 is 0. The summed E-state index contributed by atoms with van der Waals surface area (Å²) in [5.41, 5.74) is 1.74. The quantitative estimate of drug-likeness (QED) is 0.652. The first kappa shape index (κ1) is 15.3. The number of nitrogens with one attached hydrogen (secondary N) is 1. The van der Waals surface area contributed by atoms with Gasteiger partial charge in [-0.05, 0) is 41.8 Å². The molecule has 0 saturated heterocycles. The van der Waals surface area contributed by atoms with Gasteiger partial charge in [-0.3, -0.25) is 9.78 Å². The maximum Gasteiger partial charge on any atom is 0.261 e. The van der Waals surface area contributed by atoms with Crippen LogP contribution in [0.15, 0.2) is 54.4 Å². The molecule has 5 heteroatoms. The van der Waals surface area contributed by atoms with E-state index in [0.717, 1.165) is 5.56 Å². The summed E-state index contributed by atoms with van der Waals surface area (Å²) in [5.74, 6) is -0.205. The summed E-state index contributed by atoms with van der Waals surface area (Å²) in [4.78, 5) is 15.9. The monoisotopic (exact) mass is 293 g/mol. The van der Waals surface area contributed by atoms with E-state index in [1.54, 1.807) is 48.8 Å². The lowest BCUT2D eigenvalue weighted by molar-refractivity contribution is -0.117. The van der Waals surface area contributed by atoms with Gasteiger partial charge in [-0.2, -0.15) is 5.26 Å². The molecule has 22 heavy (non-hydrogen) atoms. The second-order valence-corrected chi connectivity index (χ2v) is 4.63. The highest BCUT2D eigenvalue weighted by molar-refractivity contribution is 6.01. The smallest absolute Gasteiger partial charge is 0.261 e. The van der Waals surface area contributed by atoms with Gasteiger partial charge in [0, 0.05) is 18.9 Å². The SMILES string of the molecule is N#CC(=Cc1cccnc1)C(=O)NCCc1ccc(O)cc1. The lowest BCUT2D eigenvalue weighted by Crippen LogP contribution is -2.26. The zero-order valence-corrected chi connectivity index (χ0v) is 11.9. The third-order valence-electron chi connectivity index (χ3n) is 3.00. The number of phenolic OH excluding ortho intramolecular Hbond substituents is 1. The Bertz CT molecular complexity index is 701. The second-order valence-electron chi connectivity index (χ2n) is 4.63. The van der Waals surface area contributed by atoms with E-state index in [4.69, 9.17) is 5.26 Å². The van der Waals surface area contributed by atoms with E-state index < -0.39 is 5.91 Å². The van der Waals surface area contributed by atoms with Gasteiger partial charge in [0.15, 0.2) is 0 Å². The Morgan fingerprint density at radius 1 is 1.32 bits per heavy atom. The molecule has 0 aliphatic heterocycles. The molecule has 0 unspecified atom stereocenters. The fourth-order valence-electron chi connectivity index (χ4n) is 1.85. The number of carbonyl (C=O) groups excluding carboxylic acids is 1. The third kappa shape index (κ3) is 4.46. The summed E-state index contributed by atoms with van der Waals surface area (Å²) in [6.07, 6.45) is 5.34. The number of nitriles is 1. The lowest BCUT2D eigenvalue weighted by Gasteiger charge is -2.05. The molecule has 1 aromatic carbocycles. The van der Waals surface area contributed by atoms with Gasteiger partial charge in [0.2, 0.25) is 0 Å². The minimum absolute atomic E-state index is 0.0405. The fraction of sp³-hybridized carbons (Fsp3) is 0.118. The van der Waals surface area contributed by atoms with Gasteiger partial charge in [-0.25, -0.2) is 0 Å². The average Bonchev–Trinajstić information content (AvgIpc) is 2.55. The van der Waals surface area contributed by atoms with Crippen LogP contribution in [0.5, 0.6) is 5.75 Å². The van der Waals surface area contributed by atoms with Crippen molar-refractivity contribution in [2.45, 2.75) is 6.42 Å². The van der Waals surface area contributed by atoms with Crippen molar-refractivity contribution in [1.82, 2.24) is 10.3 Å². The number of amides is 1. The molecule has 0 atom stereocenters. The van der Waals surface area contributed by atoms with Gasteiger partial charge in [0.25, 0.3) is 5.91 Å². The molecule has 0 aliphatic rings. The van der Waals surface area contributed by atoms with Crippen LogP contribution in [-0.4, -0.2) is 22.5 Å².